The number of hydrogen-bond acceptors (Lipinski definition) is 3. The molecule has 0 aliphatic carbocycles. The van der Waals surface area contributed by atoms with Gasteiger partial charge in [-0.1, -0.05) is 0 Å². The van der Waals surface area contributed by atoms with Crippen LogP contribution in [0.15, 0.2) is 24.4 Å². The zero-order valence-electron chi connectivity index (χ0n) is 10.6. The summed E-state index contributed by atoms with van der Waals surface area (Å²) >= 11 is 0. The van der Waals surface area contributed by atoms with Crippen molar-refractivity contribution in [1.82, 2.24) is 5.32 Å². The molecule has 0 radical (unpaired) electrons. The summed E-state index contributed by atoms with van der Waals surface area (Å²) in [5.41, 5.74) is -0.0770. The van der Waals surface area contributed by atoms with E-state index in [2.05, 4.69) is 5.32 Å². The van der Waals surface area contributed by atoms with Crippen LogP contribution in [0, 0.1) is 5.21 Å². The molecule has 1 N–H and O–H groups in total. The van der Waals surface area contributed by atoms with Gasteiger partial charge in [-0.25, -0.2) is 4.79 Å². The van der Waals surface area contributed by atoms with Gasteiger partial charge in [0, 0.05) is 12.1 Å². The first-order valence-electron chi connectivity index (χ1n) is 5.47. The summed E-state index contributed by atoms with van der Waals surface area (Å²) in [7, 11) is 0. The summed E-state index contributed by atoms with van der Waals surface area (Å²) in [5, 5.41) is 14.1. The van der Waals surface area contributed by atoms with Crippen LogP contribution in [0.1, 0.15) is 39.4 Å². The molecule has 1 rings (SSSR count). The van der Waals surface area contributed by atoms with Crippen molar-refractivity contribution in [1.29, 1.82) is 0 Å². The van der Waals surface area contributed by atoms with Crippen molar-refractivity contribution in [2.45, 2.75) is 39.3 Å². The molecular formula is C12H18N2O3. The first kappa shape index (κ1) is 13.3. The van der Waals surface area contributed by atoms with E-state index in [0.717, 1.165) is 4.73 Å². The summed E-state index contributed by atoms with van der Waals surface area (Å²) < 4.78 is 5.83. The van der Waals surface area contributed by atoms with E-state index >= 15 is 0 Å². The normalized spacial score (nSPS) is 12.9. The first-order valence-corrected chi connectivity index (χ1v) is 5.47. The Hall–Kier alpha value is -1.78. The Morgan fingerprint density at radius 3 is 2.65 bits per heavy atom. The molecular weight excluding hydrogens is 220 g/mol. The van der Waals surface area contributed by atoms with Crippen molar-refractivity contribution in [3.8, 4) is 0 Å². The van der Waals surface area contributed by atoms with Gasteiger partial charge in [-0.2, -0.15) is 4.73 Å². The Bertz CT molecular complexity index is 399. The van der Waals surface area contributed by atoms with Gasteiger partial charge < -0.3 is 15.3 Å². The first-order chi connectivity index (χ1) is 7.79. The van der Waals surface area contributed by atoms with Crippen molar-refractivity contribution < 1.29 is 14.3 Å². The SMILES string of the molecule is CC(NC(=O)OC(C)(C)C)c1cccc[n+]1[O-]. The van der Waals surface area contributed by atoms with Crippen LogP contribution >= 0.6 is 0 Å². The number of hydrogen-bond donors (Lipinski definition) is 1. The number of carbonyl (C=O) groups excluding carboxylic acids is 1. The smallest absolute Gasteiger partial charge is 0.408 e. The van der Waals surface area contributed by atoms with Crippen LogP contribution in [0.25, 0.3) is 0 Å². The van der Waals surface area contributed by atoms with Gasteiger partial charge in [0.25, 0.3) is 0 Å². The van der Waals surface area contributed by atoms with Crippen LogP contribution in [0.4, 0.5) is 4.79 Å². The average molecular weight is 238 g/mol. The molecule has 0 spiro atoms. The molecule has 0 fully saturated rings. The summed E-state index contributed by atoms with van der Waals surface area (Å²) in [6, 6.07) is 4.64. The van der Waals surface area contributed by atoms with E-state index in [-0.39, 0.29) is 0 Å². The molecule has 17 heavy (non-hydrogen) atoms. The zero-order valence-corrected chi connectivity index (χ0v) is 10.6. The number of rotatable bonds is 2. The Balaban J connectivity index is 2.64. The van der Waals surface area contributed by atoms with Crippen molar-refractivity contribution >= 4 is 6.09 Å². The second kappa shape index (κ2) is 5.03. The van der Waals surface area contributed by atoms with Gasteiger partial charge in [0.1, 0.15) is 11.6 Å². The van der Waals surface area contributed by atoms with E-state index in [9.17, 15) is 10.0 Å². The Morgan fingerprint density at radius 2 is 2.12 bits per heavy atom. The maximum Gasteiger partial charge on any atom is 0.408 e. The maximum absolute atomic E-state index is 11.5. The third-order valence-electron chi connectivity index (χ3n) is 2.03. The molecule has 1 amide bonds. The van der Waals surface area contributed by atoms with Gasteiger partial charge in [-0.15, -0.1) is 0 Å². The van der Waals surface area contributed by atoms with Gasteiger partial charge in [0.15, 0.2) is 6.20 Å². The number of amides is 1. The highest BCUT2D eigenvalue weighted by Crippen LogP contribution is 2.10. The van der Waals surface area contributed by atoms with Crippen molar-refractivity contribution in [2.24, 2.45) is 0 Å². The lowest BCUT2D eigenvalue weighted by molar-refractivity contribution is -0.615. The van der Waals surface area contributed by atoms with E-state index in [1.807, 2.05) is 0 Å². The molecule has 0 aromatic carbocycles. The third kappa shape index (κ3) is 4.30. The maximum atomic E-state index is 11.5. The largest absolute Gasteiger partial charge is 0.618 e. The minimum atomic E-state index is -0.548. The van der Waals surface area contributed by atoms with Gasteiger partial charge >= 0.3 is 6.09 Å². The average Bonchev–Trinajstić information content (AvgIpc) is 2.14. The molecule has 1 unspecified atom stereocenters. The summed E-state index contributed by atoms with van der Waals surface area (Å²) in [4.78, 5) is 11.5. The molecule has 94 valence electrons. The van der Waals surface area contributed by atoms with E-state index in [0.29, 0.717) is 5.69 Å². The van der Waals surface area contributed by atoms with Crippen LogP contribution in [0.3, 0.4) is 0 Å². The summed E-state index contributed by atoms with van der Waals surface area (Å²) in [5.74, 6) is 0. The fourth-order valence-electron chi connectivity index (χ4n) is 1.34. The lowest BCUT2D eigenvalue weighted by Gasteiger charge is -2.21. The fraction of sp³-hybridized carbons (Fsp3) is 0.500. The zero-order chi connectivity index (χ0) is 13.1. The Morgan fingerprint density at radius 1 is 1.47 bits per heavy atom. The fourth-order valence-corrected chi connectivity index (χ4v) is 1.34. The number of aromatic nitrogens is 1. The van der Waals surface area contributed by atoms with Gasteiger partial charge in [0.05, 0.1) is 0 Å². The van der Waals surface area contributed by atoms with Crippen molar-refractivity contribution in [2.75, 3.05) is 0 Å². The quantitative estimate of drug-likeness (QED) is 0.632. The Kier molecular flexibility index (Phi) is 3.93. The van der Waals surface area contributed by atoms with Crippen LogP contribution in [-0.4, -0.2) is 11.7 Å². The van der Waals surface area contributed by atoms with Crippen molar-refractivity contribution in [3.05, 3.63) is 35.3 Å². The second-order valence-electron chi connectivity index (χ2n) is 4.82. The van der Waals surface area contributed by atoms with E-state index in [1.165, 1.54) is 6.20 Å². The third-order valence-corrected chi connectivity index (χ3v) is 2.03. The lowest BCUT2D eigenvalue weighted by atomic mass is 10.2. The monoisotopic (exact) mass is 238 g/mol. The van der Waals surface area contributed by atoms with Gasteiger partial charge in [0.2, 0.25) is 5.69 Å². The molecule has 5 heteroatoms. The van der Waals surface area contributed by atoms with E-state index < -0.39 is 17.7 Å². The molecule has 1 aromatic rings. The molecule has 1 atom stereocenters. The van der Waals surface area contributed by atoms with Crippen molar-refractivity contribution in [3.63, 3.8) is 0 Å². The molecule has 0 saturated carbocycles. The number of alkyl carbamates (subject to hydrolysis) is 1. The highest BCUT2D eigenvalue weighted by atomic mass is 16.6. The number of ether oxygens (including phenoxy) is 1. The predicted octanol–water partition coefficient (Wildman–Crippen LogP) is 1.91. The minimum absolute atomic E-state index is 0.399. The standard InChI is InChI=1S/C12H18N2O3/c1-9(10-7-5-6-8-14(10)16)13-11(15)17-12(2,3)4/h5-9H,1-4H3,(H,13,15). The number of carbonyl (C=O) groups is 1. The molecule has 1 heterocycles. The second-order valence-corrected chi connectivity index (χ2v) is 4.82. The summed E-state index contributed by atoms with van der Waals surface area (Å²) in [6.07, 6.45) is 0.858. The van der Waals surface area contributed by atoms with Crippen LogP contribution in [0.2, 0.25) is 0 Å². The van der Waals surface area contributed by atoms with Gasteiger partial charge in [-0.05, 0) is 33.8 Å². The molecule has 5 nitrogen and oxygen atoms in total. The minimum Gasteiger partial charge on any atom is -0.618 e. The Labute approximate surface area is 101 Å². The van der Waals surface area contributed by atoms with E-state index in [1.54, 1.807) is 45.9 Å². The summed E-state index contributed by atoms with van der Waals surface area (Å²) in [6.45, 7) is 7.09. The molecule has 0 bridgehead atoms. The highest BCUT2D eigenvalue weighted by molar-refractivity contribution is 5.68. The van der Waals surface area contributed by atoms with Crippen LogP contribution in [-0.2, 0) is 4.74 Å². The molecule has 0 aliphatic rings. The van der Waals surface area contributed by atoms with Crippen LogP contribution in [0.5, 0.6) is 0 Å². The number of nitrogens with one attached hydrogen (secondary N) is 1. The predicted molar refractivity (Wildman–Crippen MR) is 63.2 cm³/mol. The molecule has 0 aliphatic heterocycles. The topological polar surface area (TPSA) is 65.3 Å². The number of nitrogens with zero attached hydrogens (tertiary/aromatic N) is 1. The van der Waals surface area contributed by atoms with E-state index in [4.69, 9.17) is 4.74 Å². The highest BCUT2D eigenvalue weighted by Gasteiger charge is 2.21. The van der Waals surface area contributed by atoms with Crippen LogP contribution < -0.4 is 10.0 Å². The van der Waals surface area contributed by atoms with Gasteiger partial charge in [-0.3, -0.25) is 0 Å². The lowest BCUT2D eigenvalue weighted by Crippen LogP contribution is -2.40. The number of pyridine rings is 1. The molecule has 1 aromatic heterocycles. The molecule has 0 saturated heterocycles.